The monoisotopic (exact) mass is 421 g/mol. The Kier molecular flexibility index (Phi) is 4.88. The van der Waals surface area contributed by atoms with Gasteiger partial charge in [-0.05, 0) is 63.2 Å². The maximum absolute atomic E-state index is 12.8. The minimum Gasteiger partial charge on any atom is -0.325 e. The van der Waals surface area contributed by atoms with Gasteiger partial charge in [-0.15, -0.1) is 11.3 Å². The van der Waals surface area contributed by atoms with Crippen LogP contribution >= 0.6 is 11.3 Å². The number of para-hydroxylation sites is 1. The number of piperidine rings is 1. The number of hydrogen-bond acceptors (Lipinski definition) is 5. The molecule has 2 aromatic carbocycles. The predicted octanol–water partition coefficient (Wildman–Crippen LogP) is 3.67. The summed E-state index contributed by atoms with van der Waals surface area (Å²) in [6, 6.07) is 13.4. The largest absolute Gasteiger partial charge is 0.325 e. The zero-order valence-corrected chi connectivity index (χ0v) is 17.5. The summed E-state index contributed by atoms with van der Waals surface area (Å²) in [5, 5.41) is 4.18. The van der Waals surface area contributed by atoms with Gasteiger partial charge < -0.3 is 15.3 Å². The van der Waals surface area contributed by atoms with Gasteiger partial charge >= 0.3 is 5.69 Å². The highest BCUT2D eigenvalue weighted by Crippen LogP contribution is 2.34. The second-order valence-corrected chi connectivity index (χ2v) is 8.90. The highest BCUT2D eigenvalue weighted by molar-refractivity contribution is 7.18. The molecule has 0 saturated carbocycles. The minimum atomic E-state index is -0.252. The molecule has 4 aromatic rings. The van der Waals surface area contributed by atoms with Crippen LogP contribution in [0, 0.1) is 0 Å². The number of hydrogen-bond donors (Lipinski definition) is 3. The van der Waals surface area contributed by atoms with Crippen LogP contribution in [0.5, 0.6) is 0 Å². The van der Waals surface area contributed by atoms with Crippen molar-refractivity contribution in [2.24, 2.45) is 0 Å². The van der Waals surface area contributed by atoms with Crippen LogP contribution in [0.3, 0.4) is 0 Å². The number of nitrogens with zero attached hydrogens (tertiary/aromatic N) is 2. The van der Waals surface area contributed by atoms with Crippen molar-refractivity contribution >= 4 is 44.2 Å². The molecule has 1 aliphatic heterocycles. The van der Waals surface area contributed by atoms with Crippen LogP contribution in [0.2, 0.25) is 0 Å². The van der Waals surface area contributed by atoms with Crippen LogP contribution in [0.4, 0.5) is 5.69 Å². The number of thiazole rings is 1. The second kappa shape index (κ2) is 7.70. The number of imidazole rings is 1. The highest BCUT2D eigenvalue weighted by Gasteiger charge is 2.28. The summed E-state index contributed by atoms with van der Waals surface area (Å²) in [7, 11) is 0. The van der Waals surface area contributed by atoms with Gasteiger partial charge in [-0.25, -0.2) is 9.78 Å². The van der Waals surface area contributed by atoms with Crippen LogP contribution in [0.15, 0.2) is 47.3 Å². The first kappa shape index (κ1) is 19.0. The molecule has 0 radical (unpaired) electrons. The number of fused-ring (bicyclic) bond motifs is 2. The zero-order chi connectivity index (χ0) is 20.7. The van der Waals surface area contributed by atoms with E-state index >= 15 is 0 Å². The van der Waals surface area contributed by atoms with Crippen molar-refractivity contribution in [2.45, 2.75) is 31.7 Å². The molecule has 7 nitrogen and oxygen atoms in total. The molecule has 5 rings (SSSR count). The molecule has 30 heavy (non-hydrogen) atoms. The number of amides is 1. The number of likely N-dealkylation sites (tertiary alicyclic amines) is 1. The van der Waals surface area contributed by atoms with Gasteiger partial charge in [0.2, 0.25) is 5.91 Å². The van der Waals surface area contributed by atoms with Gasteiger partial charge in [0.25, 0.3) is 0 Å². The molecule has 8 heteroatoms. The molecule has 0 bridgehead atoms. The van der Waals surface area contributed by atoms with E-state index in [1.54, 1.807) is 29.5 Å². The van der Waals surface area contributed by atoms with E-state index in [4.69, 9.17) is 4.98 Å². The number of aromatic nitrogens is 3. The number of nitrogens with one attached hydrogen (secondary N) is 3. The second-order valence-electron chi connectivity index (χ2n) is 7.83. The third-order valence-electron chi connectivity index (χ3n) is 5.90. The van der Waals surface area contributed by atoms with E-state index in [0.29, 0.717) is 17.1 Å². The maximum atomic E-state index is 12.8. The Morgan fingerprint density at radius 1 is 1.17 bits per heavy atom. The van der Waals surface area contributed by atoms with Crippen LogP contribution in [0.25, 0.3) is 21.3 Å². The Balaban J connectivity index is 1.21. The average Bonchev–Trinajstić information content (AvgIpc) is 3.35. The third-order valence-corrected chi connectivity index (χ3v) is 7.10. The molecule has 1 amide bonds. The van der Waals surface area contributed by atoms with E-state index in [2.05, 4.69) is 38.4 Å². The van der Waals surface area contributed by atoms with Crippen LogP contribution < -0.4 is 11.0 Å². The van der Waals surface area contributed by atoms with Crippen molar-refractivity contribution in [2.75, 3.05) is 18.4 Å². The normalized spacial score (nSPS) is 16.8. The number of benzene rings is 2. The molecule has 0 spiro atoms. The first-order valence-corrected chi connectivity index (χ1v) is 11.0. The lowest BCUT2D eigenvalue weighted by Crippen LogP contribution is -2.45. The van der Waals surface area contributed by atoms with Crippen LogP contribution in [-0.2, 0) is 4.79 Å². The molecule has 3 heterocycles. The SMILES string of the molecule is C[C@H](C(=O)Nc1ccc2[nH]c(=O)[nH]c2c1)N1CCC(c2nc3ccccc3s2)CC1. The Hall–Kier alpha value is -2.97. The van der Waals surface area contributed by atoms with E-state index in [-0.39, 0.29) is 17.6 Å². The zero-order valence-electron chi connectivity index (χ0n) is 16.6. The first-order chi connectivity index (χ1) is 14.6. The minimum absolute atomic E-state index is 0.0364. The summed E-state index contributed by atoms with van der Waals surface area (Å²) in [6.45, 7) is 3.70. The molecule has 1 atom stereocenters. The van der Waals surface area contributed by atoms with E-state index in [0.717, 1.165) is 37.0 Å². The molecule has 0 aliphatic carbocycles. The quantitative estimate of drug-likeness (QED) is 0.469. The molecule has 2 aromatic heterocycles. The summed E-state index contributed by atoms with van der Waals surface area (Å²) in [5.41, 5.74) is 2.91. The van der Waals surface area contributed by atoms with Gasteiger partial charge in [-0.1, -0.05) is 12.1 Å². The van der Waals surface area contributed by atoms with E-state index < -0.39 is 0 Å². The maximum Gasteiger partial charge on any atom is 0.323 e. The molecule has 1 fully saturated rings. The number of carbonyl (C=O) groups is 1. The van der Waals surface area contributed by atoms with Crippen molar-refractivity contribution in [3.63, 3.8) is 0 Å². The van der Waals surface area contributed by atoms with E-state index in [1.807, 2.05) is 13.0 Å². The lowest BCUT2D eigenvalue weighted by atomic mass is 9.96. The summed E-state index contributed by atoms with van der Waals surface area (Å²) in [5.74, 6) is 0.424. The smallest absolute Gasteiger partial charge is 0.323 e. The molecule has 1 aliphatic rings. The molecule has 154 valence electrons. The van der Waals surface area contributed by atoms with Gasteiger partial charge in [-0.3, -0.25) is 9.69 Å². The lowest BCUT2D eigenvalue weighted by Gasteiger charge is -2.34. The standard InChI is InChI=1S/C22H23N5O2S/c1-13(20(28)23-15-6-7-16-18(12-15)26-22(29)25-16)27-10-8-14(9-11-27)21-24-17-4-2-3-5-19(17)30-21/h2-7,12-14H,8-11H2,1H3,(H,23,28)(H2,25,26,29)/t13-/m1/s1. The van der Waals surface area contributed by atoms with Crippen molar-refractivity contribution in [1.29, 1.82) is 0 Å². The number of carbonyl (C=O) groups excluding carboxylic acids is 1. The van der Waals surface area contributed by atoms with Crippen LogP contribution in [-0.4, -0.2) is 44.9 Å². The highest BCUT2D eigenvalue weighted by atomic mass is 32.1. The van der Waals surface area contributed by atoms with Crippen molar-refractivity contribution in [3.8, 4) is 0 Å². The van der Waals surface area contributed by atoms with Gasteiger partial charge in [-0.2, -0.15) is 0 Å². The van der Waals surface area contributed by atoms with Gasteiger partial charge in [0.05, 0.1) is 32.3 Å². The molecular weight excluding hydrogens is 398 g/mol. The Labute approximate surface area is 177 Å². The molecule has 0 unspecified atom stereocenters. The Morgan fingerprint density at radius 3 is 2.73 bits per heavy atom. The summed E-state index contributed by atoms with van der Waals surface area (Å²) >= 11 is 1.79. The fraction of sp³-hybridized carbons (Fsp3) is 0.318. The summed E-state index contributed by atoms with van der Waals surface area (Å²) < 4.78 is 1.24. The fourth-order valence-electron chi connectivity index (χ4n) is 4.12. The number of aromatic amines is 2. The van der Waals surface area contributed by atoms with Crippen molar-refractivity contribution in [1.82, 2.24) is 19.9 Å². The molecule has 1 saturated heterocycles. The molecule has 3 N–H and O–H groups in total. The molecular formula is C22H23N5O2S. The van der Waals surface area contributed by atoms with E-state index in [9.17, 15) is 9.59 Å². The summed E-state index contributed by atoms with van der Waals surface area (Å²) in [4.78, 5) is 36.7. The van der Waals surface area contributed by atoms with Gasteiger partial charge in [0.15, 0.2) is 0 Å². The Bertz CT molecular complexity index is 1230. The van der Waals surface area contributed by atoms with Crippen LogP contribution in [0.1, 0.15) is 30.7 Å². The average molecular weight is 422 g/mol. The topological polar surface area (TPSA) is 93.9 Å². The van der Waals surface area contributed by atoms with Crippen molar-refractivity contribution in [3.05, 3.63) is 58.0 Å². The fourth-order valence-corrected chi connectivity index (χ4v) is 5.26. The predicted molar refractivity (Wildman–Crippen MR) is 120 cm³/mol. The number of rotatable bonds is 4. The first-order valence-electron chi connectivity index (χ1n) is 10.2. The van der Waals surface area contributed by atoms with Gasteiger partial charge in [0.1, 0.15) is 0 Å². The number of H-pyrrole nitrogens is 2. The summed E-state index contributed by atoms with van der Waals surface area (Å²) in [6.07, 6.45) is 2.02. The lowest BCUT2D eigenvalue weighted by molar-refractivity contribution is -0.121. The Morgan fingerprint density at radius 2 is 1.93 bits per heavy atom. The van der Waals surface area contributed by atoms with E-state index in [1.165, 1.54) is 9.71 Å². The van der Waals surface area contributed by atoms with Gasteiger partial charge in [0, 0.05) is 11.6 Å². The third kappa shape index (κ3) is 3.64. The van der Waals surface area contributed by atoms with Crippen molar-refractivity contribution < 1.29 is 4.79 Å². The number of anilines is 1.